The van der Waals surface area contributed by atoms with Crippen LogP contribution in [0, 0.1) is 5.82 Å². The maximum Gasteiger partial charge on any atom is 0.264 e. The zero-order chi connectivity index (χ0) is 21.7. The first kappa shape index (κ1) is 22.1. The molecule has 1 saturated carbocycles. The molecule has 2 aromatic rings. The van der Waals surface area contributed by atoms with Crippen LogP contribution in [0.4, 0.5) is 10.1 Å². The Hall–Kier alpha value is -2.61. The highest BCUT2D eigenvalue weighted by molar-refractivity contribution is 7.92. The van der Waals surface area contributed by atoms with Crippen molar-refractivity contribution < 1.29 is 22.3 Å². The summed E-state index contributed by atoms with van der Waals surface area (Å²) < 4.78 is 46.3. The van der Waals surface area contributed by atoms with E-state index in [-0.39, 0.29) is 29.1 Å². The monoisotopic (exact) mass is 434 g/mol. The van der Waals surface area contributed by atoms with Crippen molar-refractivity contribution in [1.29, 1.82) is 0 Å². The van der Waals surface area contributed by atoms with Gasteiger partial charge in [-0.3, -0.25) is 9.10 Å². The van der Waals surface area contributed by atoms with Crippen LogP contribution in [0.2, 0.25) is 0 Å². The van der Waals surface area contributed by atoms with Gasteiger partial charge in [0.25, 0.3) is 10.0 Å². The molecule has 0 aromatic heterocycles. The number of benzene rings is 2. The van der Waals surface area contributed by atoms with E-state index in [0.717, 1.165) is 36.4 Å². The van der Waals surface area contributed by atoms with Crippen LogP contribution < -0.4 is 9.04 Å². The molecule has 1 aliphatic carbocycles. The number of halogens is 1. The predicted molar refractivity (Wildman–Crippen MR) is 114 cm³/mol. The van der Waals surface area contributed by atoms with E-state index in [1.807, 2.05) is 0 Å². The van der Waals surface area contributed by atoms with Gasteiger partial charge in [0.2, 0.25) is 5.91 Å². The van der Waals surface area contributed by atoms with Gasteiger partial charge in [0.1, 0.15) is 18.1 Å². The van der Waals surface area contributed by atoms with Gasteiger partial charge in [-0.15, -0.1) is 0 Å². The Kier molecular flexibility index (Phi) is 6.97. The summed E-state index contributed by atoms with van der Waals surface area (Å²) in [5, 5.41) is 0. The second kappa shape index (κ2) is 9.47. The van der Waals surface area contributed by atoms with Crippen LogP contribution in [-0.4, -0.2) is 46.0 Å². The number of ether oxygens (including phenoxy) is 1. The Morgan fingerprint density at radius 3 is 2.20 bits per heavy atom. The molecular formula is C22H27FN2O4S. The van der Waals surface area contributed by atoms with E-state index in [1.165, 1.54) is 43.5 Å². The molecule has 1 amide bonds. The van der Waals surface area contributed by atoms with Gasteiger partial charge in [0.15, 0.2) is 0 Å². The average molecular weight is 435 g/mol. The van der Waals surface area contributed by atoms with Gasteiger partial charge < -0.3 is 9.64 Å². The van der Waals surface area contributed by atoms with E-state index in [1.54, 1.807) is 24.1 Å². The normalized spacial score (nSPS) is 14.9. The maximum atomic E-state index is 13.4. The molecule has 8 heteroatoms. The van der Waals surface area contributed by atoms with Gasteiger partial charge in [-0.2, -0.15) is 0 Å². The summed E-state index contributed by atoms with van der Waals surface area (Å²) in [5.41, 5.74) is 0.234. The number of hydrogen-bond acceptors (Lipinski definition) is 4. The lowest BCUT2D eigenvalue weighted by atomic mass is 9.94. The molecular weight excluding hydrogens is 407 g/mol. The first-order valence-electron chi connectivity index (χ1n) is 10.0. The summed E-state index contributed by atoms with van der Waals surface area (Å²) in [7, 11) is -0.826. The van der Waals surface area contributed by atoms with Crippen LogP contribution >= 0.6 is 0 Å². The quantitative estimate of drug-likeness (QED) is 0.665. The molecule has 0 N–H and O–H groups in total. The maximum absolute atomic E-state index is 13.4. The van der Waals surface area contributed by atoms with E-state index in [0.29, 0.717) is 5.75 Å². The second-order valence-corrected chi connectivity index (χ2v) is 9.32. The lowest BCUT2D eigenvalue weighted by molar-refractivity contribution is -0.130. The van der Waals surface area contributed by atoms with E-state index < -0.39 is 15.8 Å². The van der Waals surface area contributed by atoms with Crippen molar-refractivity contribution in [3.63, 3.8) is 0 Å². The minimum Gasteiger partial charge on any atom is -0.497 e. The van der Waals surface area contributed by atoms with Gasteiger partial charge >= 0.3 is 0 Å². The smallest absolute Gasteiger partial charge is 0.264 e. The van der Waals surface area contributed by atoms with Gasteiger partial charge in [0.05, 0.1) is 17.7 Å². The van der Waals surface area contributed by atoms with Crippen LogP contribution in [0.5, 0.6) is 5.75 Å². The van der Waals surface area contributed by atoms with Crippen molar-refractivity contribution in [1.82, 2.24) is 4.90 Å². The molecule has 0 saturated heterocycles. The number of anilines is 1. The Labute approximate surface area is 177 Å². The first-order valence-corrected chi connectivity index (χ1v) is 11.4. The third kappa shape index (κ3) is 4.92. The van der Waals surface area contributed by atoms with Crippen molar-refractivity contribution in [2.24, 2.45) is 0 Å². The van der Waals surface area contributed by atoms with E-state index in [2.05, 4.69) is 0 Å². The van der Waals surface area contributed by atoms with Crippen molar-refractivity contribution in [2.45, 2.75) is 43.0 Å². The van der Waals surface area contributed by atoms with Crippen LogP contribution in [0.3, 0.4) is 0 Å². The largest absolute Gasteiger partial charge is 0.497 e. The standard InChI is InChI=1S/C22H27FN2O4S/c1-24(18-6-4-3-5-7-18)22(26)16-25(19-10-8-17(23)9-11-19)30(27,28)21-14-12-20(29-2)13-15-21/h8-15,18H,3-7,16H2,1-2H3. The van der Waals surface area contributed by atoms with Crippen molar-refractivity contribution >= 4 is 21.6 Å². The number of carbonyl (C=O) groups is 1. The molecule has 0 heterocycles. The molecule has 3 rings (SSSR count). The zero-order valence-corrected chi connectivity index (χ0v) is 18.1. The number of amides is 1. The fourth-order valence-corrected chi connectivity index (χ4v) is 5.12. The third-order valence-corrected chi connectivity index (χ3v) is 7.34. The van der Waals surface area contributed by atoms with Crippen molar-refractivity contribution in [3.8, 4) is 5.75 Å². The molecule has 1 fully saturated rings. The third-order valence-electron chi connectivity index (χ3n) is 5.56. The fourth-order valence-electron chi connectivity index (χ4n) is 3.70. The van der Waals surface area contributed by atoms with E-state index in [9.17, 15) is 17.6 Å². The number of methoxy groups -OCH3 is 1. The number of hydrogen-bond donors (Lipinski definition) is 0. The summed E-state index contributed by atoms with van der Waals surface area (Å²) in [4.78, 5) is 14.7. The molecule has 0 unspecified atom stereocenters. The summed E-state index contributed by atoms with van der Waals surface area (Å²) in [6, 6.07) is 11.2. The summed E-state index contributed by atoms with van der Waals surface area (Å²) in [6.45, 7) is -0.354. The highest BCUT2D eigenvalue weighted by Gasteiger charge is 2.30. The second-order valence-electron chi connectivity index (χ2n) is 7.46. The van der Waals surface area contributed by atoms with Crippen LogP contribution in [0.1, 0.15) is 32.1 Å². The molecule has 0 spiro atoms. The highest BCUT2D eigenvalue weighted by Crippen LogP contribution is 2.27. The minimum atomic E-state index is -4.04. The van der Waals surface area contributed by atoms with Crippen molar-refractivity contribution in [2.75, 3.05) is 25.0 Å². The summed E-state index contributed by atoms with van der Waals surface area (Å²) >= 11 is 0. The number of carbonyl (C=O) groups excluding carboxylic acids is 1. The molecule has 0 radical (unpaired) electrons. The molecule has 2 aromatic carbocycles. The van der Waals surface area contributed by atoms with E-state index >= 15 is 0 Å². The minimum absolute atomic E-state index is 0.0285. The molecule has 162 valence electrons. The SMILES string of the molecule is COc1ccc(S(=O)(=O)N(CC(=O)N(C)C2CCCCC2)c2ccc(F)cc2)cc1. The fraction of sp³-hybridized carbons (Fsp3) is 0.409. The van der Waals surface area contributed by atoms with E-state index in [4.69, 9.17) is 4.74 Å². The Morgan fingerprint density at radius 1 is 1.03 bits per heavy atom. The zero-order valence-electron chi connectivity index (χ0n) is 17.3. The molecule has 0 bridgehead atoms. The van der Waals surface area contributed by atoms with Crippen LogP contribution in [0.25, 0.3) is 0 Å². The molecule has 30 heavy (non-hydrogen) atoms. The number of rotatable bonds is 7. The lowest BCUT2D eigenvalue weighted by Crippen LogP contribution is -2.45. The predicted octanol–water partition coefficient (Wildman–Crippen LogP) is 3.82. The first-order chi connectivity index (χ1) is 14.3. The summed E-state index contributed by atoms with van der Waals surface area (Å²) in [6.07, 6.45) is 5.13. The molecule has 0 aliphatic heterocycles. The Morgan fingerprint density at radius 2 is 1.63 bits per heavy atom. The molecule has 0 atom stereocenters. The van der Waals surface area contributed by atoms with Gasteiger partial charge in [-0.25, -0.2) is 12.8 Å². The topological polar surface area (TPSA) is 66.9 Å². The Balaban J connectivity index is 1.91. The van der Waals surface area contributed by atoms with Gasteiger partial charge in [0, 0.05) is 13.1 Å². The number of nitrogens with zero attached hydrogens (tertiary/aromatic N) is 2. The molecule has 6 nitrogen and oxygen atoms in total. The van der Waals surface area contributed by atoms with Gasteiger partial charge in [-0.1, -0.05) is 19.3 Å². The average Bonchev–Trinajstić information content (AvgIpc) is 2.78. The number of likely N-dealkylation sites (N-methyl/N-ethyl adjacent to an activating group) is 1. The Bertz CT molecular complexity index is 956. The van der Waals surface area contributed by atoms with Crippen LogP contribution in [0.15, 0.2) is 53.4 Å². The lowest BCUT2D eigenvalue weighted by Gasteiger charge is -2.33. The summed E-state index contributed by atoms with van der Waals surface area (Å²) in [5.74, 6) is -0.245. The van der Waals surface area contributed by atoms with Gasteiger partial charge in [-0.05, 0) is 61.4 Å². The van der Waals surface area contributed by atoms with Crippen LogP contribution in [-0.2, 0) is 14.8 Å². The molecule has 1 aliphatic rings. The number of sulfonamides is 1. The van der Waals surface area contributed by atoms with Crippen molar-refractivity contribution in [3.05, 3.63) is 54.3 Å². The highest BCUT2D eigenvalue weighted by atomic mass is 32.2.